The molecule has 0 bridgehead atoms. The maximum Gasteiger partial charge on any atom is 0.252 e. The lowest BCUT2D eigenvalue weighted by Gasteiger charge is -2.12. The van der Waals surface area contributed by atoms with E-state index in [4.69, 9.17) is 11.6 Å². The number of rotatable bonds is 4. The van der Waals surface area contributed by atoms with Crippen LogP contribution in [0.5, 0.6) is 0 Å². The zero-order valence-electron chi connectivity index (χ0n) is 9.80. The molecule has 1 aromatic carbocycles. The van der Waals surface area contributed by atoms with E-state index in [-0.39, 0.29) is 11.9 Å². The van der Waals surface area contributed by atoms with Crippen molar-refractivity contribution >= 4 is 17.5 Å². The lowest BCUT2D eigenvalue weighted by atomic mass is 10.1. The fourth-order valence-corrected chi connectivity index (χ4v) is 1.48. The van der Waals surface area contributed by atoms with Crippen LogP contribution in [-0.4, -0.2) is 25.5 Å². The molecule has 0 heterocycles. The van der Waals surface area contributed by atoms with Gasteiger partial charge in [0.05, 0.1) is 10.6 Å². The Kier molecular flexibility index (Phi) is 4.77. The van der Waals surface area contributed by atoms with Crippen LogP contribution < -0.4 is 10.6 Å². The monoisotopic (exact) mass is 240 g/mol. The van der Waals surface area contributed by atoms with Gasteiger partial charge in [0.25, 0.3) is 5.91 Å². The molecule has 0 spiro atoms. The van der Waals surface area contributed by atoms with Crippen LogP contribution in [0.25, 0.3) is 0 Å². The minimum atomic E-state index is -0.129. The quantitative estimate of drug-likeness (QED) is 0.845. The molecular weight excluding hydrogens is 224 g/mol. The van der Waals surface area contributed by atoms with Crippen LogP contribution in [0.2, 0.25) is 5.02 Å². The number of likely N-dealkylation sites (N-methyl/N-ethyl adjacent to an activating group) is 1. The Labute approximate surface area is 101 Å². The van der Waals surface area contributed by atoms with Gasteiger partial charge in [-0.05, 0) is 32.5 Å². The number of halogens is 1. The van der Waals surface area contributed by atoms with E-state index in [1.54, 1.807) is 6.07 Å². The molecule has 0 aliphatic carbocycles. The number of carbonyl (C=O) groups excluding carboxylic acids is 1. The first-order valence-electron chi connectivity index (χ1n) is 5.26. The summed E-state index contributed by atoms with van der Waals surface area (Å²) in [5, 5.41) is 6.41. The van der Waals surface area contributed by atoms with Crippen molar-refractivity contribution in [2.45, 2.75) is 19.9 Å². The standard InChI is InChI=1S/C12H17ClN2O/c1-8-5-4-6-10(11(8)13)12(16)15-7-9(2)14-3/h4-6,9,14H,7H2,1-3H3,(H,15,16). The Morgan fingerprint density at radius 2 is 2.19 bits per heavy atom. The minimum Gasteiger partial charge on any atom is -0.350 e. The summed E-state index contributed by atoms with van der Waals surface area (Å²) in [6, 6.07) is 5.69. The number of benzene rings is 1. The van der Waals surface area contributed by atoms with E-state index >= 15 is 0 Å². The molecule has 0 aromatic heterocycles. The van der Waals surface area contributed by atoms with Gasteiger partial charge in [-0.2, -0.15) is 0 Å². The molecule has 3 nitrogen and oxygen atoms in total. The molecular formula is C12H17ClN2O. The predicted octanol–water partition coefficient (Wildman–Crippen LogP) is 1.99. The zero-order chi connectivity index (χ0) is 12.1. The van der Waals surface area contributed by atoms with Crippen molar-refractivity contribution in [3.05, 3.63) is 34.3 Å². The van der Waals surface area contributed by atoms with Crippen molar-refractivity contribution in [3.63, 3.8) is 0 Å². The van der Waals surface area contributed by atoms with Gasteiger partial charge in [-0.1, -0.05) is 23.7 Å². The topological polar surface area (TPSA) is 41.1 Å². The highest BCUT2D eigenvalue weighted by atomic mass is 35.5. The summed E-state index contributed by atoms with van der Waals surface area (Å²) in [6.07, 6.45) is 0. The fraction of sp³-hybridized carbons (Fsp3) is 0.417. The molecule has 1 unspecified atom stereocenters. The molecule has 0 radical (unpaired) electrons. The smallest absolute Gasteiger partial charge is 0.252 e. The van der Waals surface area contributed by atoms with E-state index in [0.717, 1.165) is 5.56 Å². The van der Waals surface area contributed by atoms with Crippen LogP contribution in [0.15, 0.2) is 18.2 Å². The van der Waals surface area contributed by atoms with Gasteiger partial charge in [-0.25, -0.2) is 0 Å². The van der Waals surface area contributed by atoms with Gasteiger partial charge < -0.3 is 10.6 Å². The Hall–Kier alpha value is -1.06. The van der Waals surface area contributed by atoms with Crippen molar-refractivity contribution in [2.75, 3.05) is 13.6 Å². The van der Waals surface area contributed by atoms with Crippen molar-refractivity contribution in [1.29, 1.82) is 0 Å². The lowest BCUT2D eigenvalue weighted by Crippen LogP contribution is -2.37. The molecule has 0 saturated heterocycles. The second kappa shape index (κ2) is 5.87. The van der Waals surface area contributed by atoms with Crippen LogP contribution in [-0.2, 0) is 0 Å². The summed E-state index contributed by atoms with van der Waals surface area (Å²) in [4.78, 5) is 11.8. The van der Waals surface area contributed by atoms with Crippen molar-refractivity contribution < 1.29 is 4.79 Å². The average molecular weight is 241 g/mol. The Morgan fingerprint density at radius 3 is 2.81 bits per heavy atom. The SMILES string of the molecule is CNC(C)CNC(=O)c1cccc(C)c1Cl. The van der Waals surface area contributed by atoms with Gasteiger partial charge in [0.1, 0.15) is 0 Å². The van der Waals surface area contributed by atoms with E-state index in [1.807, 2.05) is 33.0 Å². The number of aryl methyl sites for hydroxylation is 1. The largest absolute Gasteiger partial charge is 0.350 e. The third-order valence-corrected chi connectivity index (χ3v) is 3.00. The molecule has 4 heteroatoms. The van der Waals surface area contributed by atoms with Crippen molar-refractivity contribution in [3.8, 4) is 0 Å². The Bertz CT molecular complexity index is 379. The second-order valence-corrected chi connectivity index (χ2v) is 4.21. The molecule has 0 fully saturated rings. The summed E-state index contributed by atoms with van der Waals surface area (Å²) >= 11 is 6.06. The Balaban J connectivity index is 2.70. The van der Waals surface area contributed by atoms with E-state index < -0.39 is 0 Å². The normalized spacial score (nSPS) is 12.2. The average Bonchev–Trinajstić information content (AvgIpc) is 2.29. The fourth-order valence-electron chi connectivity index (χ4n) is 1.27. The molecule has 2 N–H and O–H groups in total. The summed E-state index contributed by atoms with van der Waals surface area (Å²) in [7, 11) is 1.86. The van der Waals surface area contributed by atoms with Crippen LogP contribution in [0.1, 0.15) is 22.8 Å². The first kappa shape index (κ1) is 13.0. The summed E-state index contributed by atoms with van der Waals surface area (Å²) < 4.78 is 0. The zero-order valence-corrected chi connectivity index (χ0v) is 10.6. The molecule has 0 aliphatic heterocycles. The molecule has 1 atom stereocenters. The number of carbonyl (C=O) groups is 1. The molecule has 0 aliphatic rings. The number of amides is 1. The van der Waals surface area contributed by atoms with E-state index in [9.17, 15) is 4.79 Å². The number of hydrogen-bond acceptors (Lipinski definition) is 2. The number of nitrogens with one attached hydrogen (secondary N) is 2. The minimum absolute atomic E-state index is 0.129. The second-order valence-electron chi connectivity index (χ2n) is 3.84. The van der Waals surface area contributed by atoms with Gasteiger partial charge in [0.2, 0.25) is 0 Å². The molecule has 16 heavy (non-hydrogen) atoms. The van der Waals surface area contributed by atoms with Gasteiger partial charge in [-0.3, -0.25) is 4.79 Å². The third-order valence-electron chi connectivity index (χ3n) is 2.50. The molecule has 1 rings (SSSR count). The first-order chi connectivity index (χ1) is 7.56. The predicted molar refractivity (Wildman–Crippen MR) is 67.0 cm³/mol. The summed E-state index contributed by atoms with van der Waals surface area (Å²) in [5.74, 6) is -0.129. The van der Waals surface area contributed by atoms with Crippen LogP contribution in [0.3, 0.4) is 0 Å². The van der Waals surface area contributed by atoms with Crippen LogP contribution in [0, 0.1) is 6.92 Å². The van der Waals surface area contributed by atoms with Crippen LogP contribution >= 0.6 is 11.6 Å². The van der Waals surface area contributed by atoms with Gasteiger partial charge in [-0.15, -0.1) is 0 Å². The Morgan fingerprint density at radius 1 is 1.50 bits per heavy atom. The lowest BCUT2D eigenvalue weighted by molar-refractivity contribution is 0.0950. The molecule has 1 amide bonds. The van der Waals surface area contributed by atoms with E-state index in [0.29, 0.717) is 17.1 Å². The third kappa shape index (κ3) is 3.22. The first-order valence-corrected chi connectivity index (χ1v) is 5.64. The maximum atomic E-state index is 11.8. The van der Waals surface area contributed by atoms with Crippen molar-refractivity contribution in [2.24, 2.45) is 0 Å². The van der Waals surface area contributed by atoms with E-state index in [2.05, 4.69) is 10.6 Å². The van der Waals surface area contributed by atoms with Crippen LogP contribution in [0.4, 0.5) is 0 Å². The highest BCUT2D eigenvalue weighted by molar-refractivity contribution is 6.34. The highest BCUT2D eigenvalue weighted by Gasteiger charge is 2.11. The molecule has 0 saturated carbocycles. The summed E-state index contributed by atoms with van der Waals surface area (Å²) in [5.41, 5.74) is 1.45. The highest BCUT2D eigenvalue weighted by Crippen LogP contribution is 2.19. The summed E-state index contributed by atoms with van der Waals surface area (Å²) in [6.45, 7) is 4.47. The van der Waals surface area contributed by atoms with Gasteiger partial charge >= 0.3 is 0 Å². The van der Waals surface area contributed by atoms with Gasteiger partial charge in [0, 0.05) is 12.6 Å². The maximum absolute atomic E-state index is 11.8. The molecule has 88 valence electrons. The van der Waals surface area contributed by atoms with E-state index in [1.165, 1.54) is 0 Å². The van der Waals surface area contributed by atoms with Crippen molar-refractivity contribution in [1.82, 2.24) is 10.6 Å². The molecule has 1 aromatic rings. The number of hydrogen-bond donors (Lipinski definition) is 2. The van der Waals surface area contributed by atoms with Gasteiger partial charge in [0.15, 0.2) is 0 Å².